The van der Waals surface area contributed by atoms with Gasteiger partial charge in [0, 0.05) is 11.9 Å². The van der Waals surface area contributed by atoms with E-state index in [1.54, 1.807) is 24.3 Å². The lowest BCUT2D eigenvalue weighted by Gasteiger charge is -2.24. The van der Waals surface area contributed by atoms with Crippen molar-refractivity contribution in [3.63, 3.8) is 0 Å². The van der Waals surface area contributed by atoms with Crippen LogP contribution in [-0.4, -0.2) is 50.2 Å². The zero-order valence-electron chi connectivity index (χ0n) is 16.1. The average Bonchev–Trinajstić information content (AvgIpc) is 3.20. The molecule has 2 aliphatic rings. The number of hydrogen-bond acceptors (Lipinski definition) is 5. The first-order valence-corrected chi connectivity index (χ1v) is 12.7. The maximum atomic E-state index is 13.6. The third-order valence-corrected chi connectivity index (χ3v) is 8.53. The van der Waals surface area contributed by atoms with Crippen LogP contribution in [0, 0.1) is 5.92 Å². The Morgan fingerprint density at radius 2 is 1.72 bits per heavy atom. The van der Waals surface area contributed by atoms with Gasteiger partial charge in [-0.05, 0) is 23.9 Å². The fraction of sp³-hybridized carbons (Fsp3) is 0.350. The van der Waals surface area contributed by atoms with Crippen molar-refractivity contribution in [3.05, 3.63) is 54.2 Å². The third-order valence-electron chi connectivity index (χ3n) is 5.52. The first-order valence-electron chi connectivity index (χ1n) is 9.41. The largest absolute Gasteiger partial charge is 0.273 e. The molecule has 1 saturated heterocycles. The molecule has 2 aliphatic heterocycles. The molecule has 2 aromatic rings. The normalized spacial score (nSPS) is 22.9. The van der Waals surface area contributed by atoms with Gasteiger partial charge in [0.1, 0.15) is 0 Å². The standard InChI is InChI=1S/C20H22N2O5S2/c1-3-7-16-19-17(12-13-21(19)28(2,24)25)22(20(16)23)29(26,27)18-11-6-9-14-8-4-5-10-15(14)18/h4-6,8-12,16,19H,3,7,13H2,1-2H3/t16-,19-/m1/s1. The van der Waals surface area contributed by atoms with Gasteiger partial charge in [0.05, 0.1) is 28.8 Å². The Morgan fingerprint density at radius 1 is 1.03 bits per heavy atom. The zero-order valence-corrected chi connectivity index (χ0v) is 17.8. The van der Waals surface area contributed by atoms with Crippen LogP contribution in [0.3, 0.4) is 0 Å². The number of carbonyl (C=O) groups excluding carboxylic acids is 1. The van der Waals surface area contributed by atoms with Gasteiger partial charge in [-0.2, -0.15) is 4.31 Å². The number of fused-ring (bicyclic) bond motifs is 2. The van der Waals surface area contributed by atoms with E-state index in [9.17, 15) is 21.6 Å². The molecule has 1 amide bonds. The Morgan fingerprint density at radius 3 is 2.41 bits per heavy atom. The summed E-state index contributed by atoms with van der Waals surface area (Å²) in [4.78, 5) is 13.3. The molecule has 0 radical (unpaired) electrons. The number of rotatable bonds is 5. The van der Waals surface area contributed by atoms with Crippen LogP contribution in [0.5, 0.6) is 0 Å². The molecule has 1 fully saturated rings. The van der Waals surface area contributed by atoms with E-state index in [4.69, 9.17) is 0 Å². The van der Waals surface area contributed by atoms with E-state index >= 15 is 0 Å². The van der Waals surface area contributed by atoms with Gasteiger partial charge in [0.15, 0.2) is 0 Å². The summed E-state index contributed by atoms with van der Waals surface area (Å²) in [6.45, 7) is 1.95. The van der Waals surface area contributed by atoms with Crippen molar-refractivity contribution in [2.75, 3.05) is 12.8 Å². The molecule has 0 bridgehead atoms. The lowest BCUT2D eigenvalue weighted by molar-refractivity contribution is -0.127. The molecule has 29 heavy (non-hydrogen) atoms. The SMILES string of the molecule is CCC[C@H]1C(=O)N(S(=O)(=O)c2cccc3ccccc23)C2=CCN(S(C)(=O)=O)[C@@H]21. The Balaban J connectivity index is 1.87. The molecular formula is C20H22N2O5S2. The van der Waals surface area contributed by atoms with Crippen molar-refractivity contribution in [2.45, 2.75) is 30.7 Å². The van der Waals surface area contributed by atoms with E-state index in [2.05, 4.69) is 0 Å². The molecule has 2 aromatic carbocycles. The summed E-state index contributed by atoms with van der Waals surface area (Å²) in [5.41, 5.74) is 0.242. The molecule has 9 heteroatoms. The highest BCUT2D eigenvalue weighted by Crippen LogP contribution is 2.43. The summed E-state index contributed by atoms with van der Waals surface area (Å²) in [5.74, 6) is -1.28. The average molecular weight is 435 g/mol. The van der Waals surface area contributed by atoms with E-state index in [-0.39, 0.29) is 17.1 Å². The van der Waals surface area contributed by atoms with E-state index in [0.717, 1.165) is 15.9 Å². The minimum absolute atomic E-state index is 0.0403. The van der Waals surface area contributed by atoms with Gasteiger partial charge >= 0.3 is 0 Å². The first-order chi connectivity index (χ1) is 13.7. The molecule has 0 spiro atoms. The summed E-state index contributed by atoms with van der Waals surface area (Å²) in [5, 5.41) is 1.27. The van der Waals surface area contributed by atoms with E-state index < -0.39 is 37.9 Å². The molecule has 0 saturated carbocycles. The van der Waals surface area contributed by atoms with Gasteiger partial charge < -0.3 is 0 Å². The smallest absolute Gasteiger partial charge is 0.271 e. The minimum Gasteiger partial charge on any atom is -0.273 e. The molecule has 4 rings (SSSR count). The maximum Gasteiger partial charge on any atom is 0.271 e. The van der Waals surface area contributed by atoms with Crippen LogP contribution in [0.4, 0.5) is 0 Å². The number of carbonyl (C=O) groups is 1. The van der Waals surface area contributed by atoms with Gasteiger partial charge in [0.25, 0.3) is 10.0 Å². The molecule has 2 heterocycles. The number of hydrogen-bond donors (Lipinski definition) is 0. The Kier molecular flexibility index (Phi) is 4.79. The highest BCUT2D eigenvalue weighted by Gasteiger charge is 2.55. The summed E-state index contributed by atoms with van der Waals surface area (Å²) in [7, 11) is -7.79. The molecule has 0 unspecified atom stereocenters. The Labute approximate surface area is 170 Å². The van der Waals surface area contributed by atoms with Gasteiger partial charge in [-0.1, -0.05) is 49.7 Å². The number of benzene rings is 2. The van der Waals surface area contributed by atoms with Crippen molar-refractivity contribution >= 4 is 36.7 Å². The van der Waals surface area contributed by atoms with Crippen LogP contribution in [0.25, 0.3) is 10.8 Å². The van der Waals surface area contributed by atoms with E-state index in [1.165, 1.54) is 10.4 Å². The Bertz CT molecular complexity index is 1230. The first kappa shape index (κ1) is 20.1. The van der Waals surface area contributed by atoms with Gasteiger partial charge in [0.2, 0.25) is 15.9 Å². The molecule has 154 valence electrons. The lowest BCUT2D eigenvalue weighted by Crippen LogP contribution is -2.40. The molecule has 7 nitrogen and oxygen atoms in total. The fourth-order valence-electron chi connectivity index (χ4n) is 4.30. The van der Waals surface area contributed by atoms with Crippen molar-refractivity contribution in [1.29, 1.82) is 0 Å². The monoisotopic (exact) mass is 434 g/mol. The van der Waals surface area contributed by atoms with E-state index in [1.807, 2.05) is 25.1 Å². The van der Waals surface area contributed by atoms with Gasteiger partial charge in [-0.3, -0.25) is 4.79 Å². The summed E-state index contributed by atoms with van der Waals surface area (Å²) < 4.78 is 53.8. The third kappa shape index (κ3) is 3.08. The summed E-state index contributed by atoms with van der Waals surface area (Å²) >= 11 is 0. The zero-order chi connectivity index (χ0) is 21.0. The van der Waals surface area contributed by atoms with Crippen LogP contribution < -0.4 is 0 Å². The molecular weight excluding hydrogens is 412 g/mol. The van der Waals surface area contributed by atoms with Crippen molar-refractivity contribution in [1.82, 2.24) is 8.61 Å². The second kappa shape index (κ2) is 6.93. The van der Waals surface area contributed by atoms with Crippen LogP contribution in [0.15, 0.2) is 59.1 Å². The van der Waals surface area contributed by atoms with Crippen molar-refractivity contribution in [2.24, 2.45) is 5.92 Å². The molecule has 0 N–H and O–H groups in total. The second-order valence-corrected chi connectivity index (χ2v) is 11.1. The summed E-state index contributed by atoms with van der Waals surface area (Å²) in [6.07, 6.45) is 3.68. The van der Waals surface area contributed by atoms with E-state index in [0.29, 0.717) is 18.2 Å². The van der Waals surface area contributed by atoms with Crippen molar-refractivity contribution in [3.8, 4) is 0 Å². The highest BCUT2D eigenvalue weighted by molar-refractivity contribution is 7.90. The lowest BCUT2D eigenvalue weighted by atomic mass is 9.97. The van der Waals surface area contributed by atoms with Crippen molar-refractivity contribution < 1.29 is 21.6 Å². The molecule has 2 atom stereocenters. The van der Waals surface area contributed by atoms with Gasteiger partial charge in [-0.25, -0.2) is 21.1 Å². The van der Waals surface area contributed by atoms with Crippen LogP contribution in [0.1, 0.15) is 19.8 Å². The summed E-state index contributed by atoms with van der Waals surface area (Å²) in [6, 6.07) is 11.2. The predicted molar refractivity (Wildman–Crippen MR) is 110 cm³/mol. The maximum absolute atomic E-state index is 13.6. The molecule has 0 aromatic heterocycles. The highest BCUT2D eigenvalue weighted by atomic mass is 32.2. The number of nitrogens with zero attached hydrogens (tertiary/aromatic N) is 2. The predicted octanol–water partition coefficient (Wildman–Crippen LogP) is 2.31. The van der Waals surface area contributed by atoms with Crippen LogP contribution in [0.2, 0.25) is 0 Å². The molecule has 0 aliphatic carbocycles. The second-order valence-electron chi connectivity index (χ2n) is 7.39. The van der Waals surface area contributed by atoms with Crippen LogP contribution >= 0.6 is 0 Å². The van der Waals surface area contributed by atoms with Crippen LogP contribution in [-0.2, 0) is 24.8 Å². The quantitative estimate of drug-likeness (QED) is 0.720. The number of amides is 1. The topological polar surface area (TPSA) is 91.8 Å². The fourth-order valence-corrected chi connectivity index (χ4v) is 7.05. The number of sulfonamides is 2. The van der Waals surface area contributed by atoms with Gasteiger partial charge in [-0.15, -0.1) is 0 Å². The Hall–Kier alpha value is -2.23. The minimum atomic E-state index is -4.19.